The molecule has 1 aromatic carbocycles. The number of thiocarbonyl (C=S) groups is 1. The Bertz CT molecular complexity index is 1070. The SMILES string of the molecule is CC(C)NC(=S)Nc1ccc2nc(-c3ccc[nH]3)c(-c3ccc[nH]3)nc2c1. The molecule has 0 unspecified atom stereocenters. The van der Waals surface area contributed by atoms with Gasteiger partial charge in [-0.25, -0.2) is 9.97 Å². The number of hydrogen-bond acceptors (Lipinski definition) is 3. The maximum Gasteiger partial charge on any atom is 0.170 e. The van der Waals surface area contributed by atoms with Crippen LogP contribution in [0.1, 0.15) is 13.8 Å². The Morgan fingerprint density at radius 3 is 2.11 bits per heavy atom. The van der Waals surface area contributed by atoms with E-state index in [0.717, 1.165) is 39.5 Å². The van der Waals surface area contributed by atoms with E-state index in [2.05, 4.69) is 20.6 Å². The monoisotopic (exact) mass is 376 g/mol. The van der Waals surface area contributed by atoms with Crippen LogP contribution in [0.25, 0.3) is 33.8 Å². The van der Waals surface area contributed by atoms with Crippen LogP contribution in [-0.4, -0.2) is 31.1 Å². The van der Waals surface area contributed by atoms with Crippen LogP contribution < -0.4 is 10.6 Å². The smallest absolute Gasteiger partial charge is 0.170 e. The second kappa shape index (κ2) is 7.20. The highest BCUT2D eigenvalue weighted by molar-refractivity contribution is 7.80. The predicted octanol–water partition coefficient (Wildman–Crippen LogP) is 4.31. The van der Waals surface area contributed by atoms with E-state index in [1.165, 1.54) is 0 Å². The molecule has 4 aromatic rings. The van der Waals surface area contributed by atoms with Crippen LogP contribution >= 0.6 is 12.2 Å². The van der Waals surface area contributed by atoms with Gasteiger partial charge >= 0.3 is 0 Å². The summed E-state index contributed by atoms with van der Waals surface area (Å²) in [6.07, 6.45) is 3.77. The normalized spacial score (nSPS) is 11.1. The molecule has 4 N–H and O–H groups in total. The summed E-state index contributed by atoms with van der Waals surface area (Å²) in [6, 6.07) is 14.0. The third-order valence-electron chi connectivity index (χ3n) is 4.05. The van der Waals surface area contributed by atoms with E-state index in [4.69, 9.17) is 22.2 Å². The lowest BCUT2D eigenvalue weighted by Crippen LogP contribution is -2.33. The second-order valence-electron chi connectivity index (χ2n) is 6.55. The van der Waals surface area contributed by atoms with E-state index < -0.39 is 0 Å². The van der Waals surface area contributed by atoms with Crippen LogP contribution in [0, 0.1) is 0 Å². The Hall–Kier alpha value is -3.19. The minimum Gasteiger partial charge on any atom is -0.360 e. The van der Waals surface area contributed by atoms with Gasteiger partial charge in [-0.1, -0.05) is 0 Å². The number of hydrogen-bond donors (Lipinski definition) is 4. The lowest BCUT2D eigenvalue weighted by molar-refractivity contribution is 0.739. The number of rotatable bonds is 4. The van der Waals surface area contributed by atoms with Gasteiger partial charge in [-0.05, 0) is 68.5 Å². The molecule has 136 valence electrons. The molecule has 3 heterocycles. The van der Waals surface area contributed by atoms with Gasteiger partial charge in [0, 0.05) is 24.1 Å². The zero-order valence-corrected chi connectivity index (χ0v) is 15.9. The van der Waals surface area contributed by atoms with Crippen molar-refractivity contribution >= 4 is 34.1 Å². The first-order valence-corrected chi connectivity index (χ1v) is 9.18. The van der Waals surface area contributed by atoms with Gasteiger partial charge in [-0.2, -0.15) is 0 Å². The van der Waals surface area contributed by atoms with Crippen LogP contribution in [0.15, 0.2) is 54.9 Å². The maximum atomic E-state index is 5.33. The summed E-state index contributed by atoms with van der Waals surface area (Å²) in [6.45, 7) is 4.09. The molecule has 0 atom stereocenters. The lowest BCUT2D eigenvalue weighted by atomic mass is 10.1. The van der Waals surface area contributed by atoms with Crippen LogP contribution in [0.2, 0.25) is 0 Å². The van der Waals surface area contributed by atoms with Crippen molar-refractivity contribution in [3.63, 3.8) is 0 Å². The van der Waals surface area contributed by atoms with Crippen molar-refractivity contribution < 1.29 is 0 Å². The quantitative estimate of drug-likeness (QED) is 0.399. The lowest BCUT2D eigenvalue weighted by Gasteiger charge is -2.14. The molecule has 0 aliphatic rings. The minimum atomic E-state index is 0.271. The van der Waals surface area contributed by atoms with Crippen molar-refractivity contribution in [2.75, 3.05) is 5.32 Å². The van der Waals surface area contributed by atoms with Gasteiger partial charge in [0.1, 0.15) is 11.4 Å². The Kier molecular flexibility index (Phi) is 4.60. The van der Waals surface area contributed by atoms with Gasteiger partial charge < -0.3 is 20.6 Å². The third-order valence-corrected chi connectivity index (χ3v) is 4.27. The average Bonchev–Trinajstić information content (AvgIpc) is 3.33. The molecule has 0 spiro atoms. The molecule has 0 radical (unpaired) electrons. The molecule has 4 rings (SSSR count). The van der Waals surface area contributed by atoms with Gasteiger partial charge in [0.15, 0.2) is 5.11 Å². The zero-order chi connectivity index (χ0) is 18.8. The van der Waals surface area contributed by atoms with Crippen molar-refractivity contribution in [1.29, 1.82) is 0 Å². The first-order chi connectivity index (χ1) is 13.1. The number of anilines is 1. The molecular formula is C20H20N6S. The summed E-state index contributed by atoms with van der Waals surface area (Å²) >= 11 is 5.33. The summed E-state index contributed by atoms with van der Waals surface area (Å²) in [7, 11) is 0. The van der Waals surface area contributed by atoms with Crippen molar-refractivity contribution in [2.24, 2.45) is 0 Å². The van der Waals surface area contributed by atoms with Crippen LogP contribution in [0.5, 0.6) is 0 Å². The summed E-state index contributed by atoms with van der Waals surface area (Å²) in [5, 5.41) is 6.96. The van der Waals surface area contributed by atoms with Gasteiger partial charge in [-0.3, -0.25) is 0 Å². The number of nitrogens with one attached hydrogen (secondary N) is 4. The molecule has 0 aliphatic carbocycles. The van der Waals surface area contributed by atoms with E-state index >= 15 is 0 Å². The average molecular weight is 376 g/mol. The van der Waals surface area contributed by atoms with Crippen molar-refractivity contribution in [3.8, 4) is 22.8 Å². The molecule has 0 aliphatic heterocycles. The molecule has 0 amide bonds. The summed E-state index contributed by atoms with van der Waals surface area (Å²) < 4.78 is 0. The van der Waals surface area contributed by atoms with Gasteiger partial charge in [0.05, 0.1) is 22.4 Å². The summed E-state index contributed by atoms with van der Waals surface area (Å²) in [5.41, 5.74) is 5.96. The topological polar surface area (TPSA) is 81.4 Å². The fraction of sp³-hybridized carbons (Fsp3) is 0.150. The van der Waals surface area contributed by atoms with Gasteiger partial charge in [-0.15, -0.1) is 0 Å². The molecule has 6 nitrogen and oxygen atoms in total. The van der Waals surface area contributed by atoms with Crippen LogP contribution in [-0.2, 0) is 0 Å². The number of H-pyrrole nitrogens is 2. The van der Waals surface area contributed by atoms with Crippen molar-refractivity contribution in [1.82, 2.24) is 25.3 Å². The Balaban J connectivity index is 1.78. The number of benzene rings is 1. The Morgan fingerprint density at radius 1 is 0.926 bits per heavy atom. The summed E-state index contributed by atoms with van der Waals surface area (Å²) in [5.74, 6) is 0. The van der Waals surface area contributed by atoms with Crippen molar-refractivity contribution in [2.45, 2.75) is 19.9 Å². The van der Waals surface area contributed by atoms with E-state index in [0.29, 0.717) is 5.11 Å². The highest BCUT2D eigenvalue weighted by Gasteiger charge is 2.14. The third kappa shape index (κ3) is 3.68. The first-order valence-electron chi connectivity index (χ1n) is 8.77. The van der Waals surface area contributed by atoms with E-state index in [-0.39, 0.29) is 6.04 Å². The van der Waals surface area contributed by atoms with E-state index in [1.54, 1.807) is 0 Å². The fourth-order valence-electron chi connectivity index (χ4n) is 2.89. The first kappa shape index (κ1) is 17.2. The van der Waals surface area contributed by atoms with Gasteiger partial charge in [0.25, 0.3) is 0 Å². The largest absolute Gasteiger partial charge is 0.360 e. The molecule has 0 saturated heterocycles. The van der Waals surface area contributed by atoms with E-state index in [1.807, 2.05) is 68.7 Å². The van der Waals surface area contributed by atoms with Crippen LogP contribution in [0.4, 0.5) is 5.69 Å². The van der Waals surface area contributed by atoms with Crippen molar-refractivity contribution in [3.05, 3.63) is 54.9 Å². The summed E-state index contributed by atoms with van der Waals surface area (Å²) in [4.78, 5) is 16.2. The van der Waals surface area contributed by atoms with Crippen LogP contribution in [0.3, 0.4) is 0 Å². The number of fused-ring (bicyclic) bond motifs is 1. The number of aromatic amines is 2. The Morgan fingerprint density at radius 2 is 1.56 bits per heavy atom. The molecule has 27 heavy (non-hydrogen) atoms. The number of nitrogens with zero attached hydrogens (tertiary/aromatic N) is 2. The maximum absolute atomic E-state index is 5.33. The predicted molar refractivity (Wildman–Crippen MR) is 114 cm³/mol. The van der Waals surface area contributed by atoms with E-state index in [9.17, 15) is 0 Å². The molecular weight excluding hydrogens is 356 g/mol. The molecule has 0 saturated carbocycles. The number of aromatic nitrogens is 4. The second-order valence-corrected chi connectivity index (χ2v) is 6.95. The standard InChI is InChI=1S/C20H20N6S/c1-12(2)23-20(27)24-13-7-8-14-17(11-13)26-19(16-6-4-10-22-16)18(25-14)15-5-3-9-21-15/h3-12,21-22H,1-2H3,(H2,23,24,27). The molecule has 0 bridgehead atoms. The molecule has 0 fully saturated rings. The molecule has 3 aromatic heterocycles. The Labute approximate surface area is 162 Å². The minimum absolute atomic E-state index is 0.271. The highest BCUT2D eigenvalue weighted by atomic mass is 32.1. The fourth-order valence-corrected chi connectivity index (χ4v) is 3.25. The highest BCUT2D eigenvalue weighted by Crippen LogP contribution is 2.29. The zero-order valence-electron chi connectivity index (χ0n) is 15.1. The van der Waals surface area contributed by atoms with Gasteiger partial charge in [0.2, 0.25) is 0 Å². The molecule has 7 heteroatoms.